The standard InChI is InChI=1S/C12H15BrN2O2/c13-12-6-11(17-15-12)10(14)8-16-7-9-4-2-1-3-5-9/h1-5,10-11H,6-8,14H2/t10-,11+/m1/s1. The highest BCUT2D eigenvalue weighted by molar-refractivity contribution is 9.18. The van der Waals surface area contributed by atoms with E-state index in [1.165, 1.54) is 0 Å². The van der Waals surface area contributed by atoms with E-state index in [9.17, 15) is 0 Å². The largest absolute Gasteiger partial charge is 0.390 e. The molecule has 1 heterocycles. The normalized spacial score (nSPS) is 20.8. The Balaban J connectivity index is 1.69. The molecule has 4 nitrogen and oxygen atoms in total. The van der Waals surface area contributed by atoms with Gasteiger partial charge in [0.15, 0.2) is 6.10 Å². The highest BCUT2D eigenvalue weighted by atomic mass is 79.9. The second-order valence-corrected chi connectivity index (χ2v) is 4.90. The number of hydrogen-bond donors (Lipinski definition) is 1. The molecule has 5 heteroatoms. The Hall–Kier alpha value is -0.910. The zero-order chi connectivity index (χ0) is 12.1. The number of hydrogen-bond acceptors (Lipinski definition) is 4. The van der Waals surface area contributed by atoms with Gasteiger partial charge in [-0.2, -0.15) is 0 Å². The van der Waals surface area contributed by atoms with Gasteiger partial charge in [-0.25, -0.2) is 0 Å². The van der Waals surface area contributed by atoms with Crippen LogP contribution in [0.3, 0.4) is 0 Å². The molecule has 0 bridgehead atoms. The average Bonchev–Trinajstić information content (AvgIpc) is 2.77. The van der Waals surface area contributed by atoms with Crippen LogP contribution in [0.15, 0.2) is 35.5 Å². The third kappa shape index (κ3) is 3.80. The molecule has 17 heavy (non-hydrogen) atoms. The van der Waals surface area contributed by atoms with Gasteiger partial charge in [-0.3, -0.25) is 0 Å². The molecule has 2 N–H and O–H groups in total. The van der Waals surface area contributed by atoms with Crippen molar-refractivity contribution in [2.24, 2.45) is 10.9 Å². The minimum atomic E-state index is -0.155. The van der Waals surface area contributed by atoms with Gasteiger partial charge in [0.05, 0.1) is 19.3 Å². The first kappa shape index (κ1) is 12.5. The molecule has 1 aromatic carbocycles. The van der Waals surface area contributed by atoms with Crippen LogP contribution < -0.4 is 5.73 Å². The van der Waals surface area contributed by atoms with Gasteiger partial charge >= 0.3 is 0 Å². The maximum atomic E-state index is 5.96. The number of ether oxygens (including phenoxy) is 1. The molecule has 2 atom stereocenters. The molecule has 0 saturated heterocycles. The lowest BCUT2D eigenvalue weighted by atomic mass is 10.1. The van der Waals surface area contributed by atoms with E-state index in [2.05, 4.69) is 21.1 Å². The minimum absolute atomic E-state index is 0.0832. The van der Waals surface area contributed by atoms with Gasteiger partial charge in [0, 0.05) is 6.42 Å². The van der Waals surface area contributed by atoms with Gasteiger partial charge < -0.3 is 15.3 Å². The molecule has 0 unspecified atom stereocenters. The van der Waals surface area contributed by atoms with Crippen molar-refractivity contribution >= 4 is 20.6 Å². The van der Waals surface area contributed by atoms with Crippen molar-refractivity contribution in [1.29, 1.82) is 0 Å². The van der Waals surface area contributed by atoms with Crippen LogP contribution in [0, 0.1) is 0 Å². The maximum absolute atomic E-state index is 5.96. The van der Waals surface area contributed by atoms with E-state index < -0.39 is 0 Å². The van der Waals surface area contributed by atoms with Gasteiger partial charge in [0.1, 0.15) is 4.62 Å². The monoisotopic (exact) mass is 298 g/mol. The lowest BCUT2D eigenvalue weighted by Crippen LogP contribution is -2.38. The molecular weight excluding hydrogens is 284 g/mol. The third-order valence-corrected chi connectivity index (χ3v) is 3.02. The summed E-state index contributed by atoms with van der Waals surface area (Å²) in [6.07, 6.45) is 0.635. The summed E-state index contributed by atoms with van der Waals surface area (Å²) in [6, 6.07) is 9.86. The van der Waals surface area contributed by atoms with Crippen molar-refractivity contribution in [3.05, 3.63) is 35.9 Å². The van der Waals surface area contributed by atoms with Crippen LogP contribution in [0.2, 0.25) is 0 Å². The number of rotatable bonds is 5. The molecule has 1 aliphatic heterocycles. The van der Waals surface area contributed by atoms with E-state index >= 15 is 0 Å². The number of oxime groups is 1. The Bertz CT molecular complexity index is 383. The second-order valence-electron chi connectivity index (χ2n) is 3.98. The zero-order valence-corrected chi connectivity index (χ0v) is 11.0. The van der Waals surface area contributed by atoms with Crippen molar-refractivity contribution in [2.75, 3.05) is 6.61 Å². The molecule has 1 aliphatic rings. The Morgan fingerprint density at radius 2 is 2.24 bits per heavy atom. The highest BCUT2D eigenvalue weighted by Crippen LogP contribution is 2.16. The molecule has 0 aliphatic carbocycles. The summed E-state index contributed by atoms with van der Waals surface area (Å²) in [4.78, 5) is 5.17. The Labute approximate surface area is 109 Å². The predicted molar refractivity (Wildman–Crippen MR) is 69.9 cm³/mol. The lowest BCUT2D eigenvalue weighted by Gasteiger charge is -2.17. The van der Waals surface area contributed by atoms with E-state index in [0.717, 1.165) is 16.6 Å². The molecule has 0 saturated carbocycles. The summed E-state index contributed by atoms with van der Waals surface area (Å²) in [7, 11) is 0. The fourth-order valence-corrected chi connectivity index (χ4v) is 1.99. The van der Waals surface area contributed by atoms with E-state index in [1.54, 1.807) is 0 Å². The molecule has 0 spiro atoms. The second kappa shape index (κ2) is 6.14. The van der Waals surface area contributed by atoms with Crippen LogP contribution in [-0.2, 0) is 16.2 Å². The smallest absolute Gasteiger partial charge is 0.151 e. The van der Waals surface area contributed by atoms with Gasteiger partial charge in [-0.1, -0.05) is 35.5 Å². The summed E-state index contributed by atoms with van der Waals surface area (Å²) in [6.45, 7) is 1.04. The zero-order valence-electron chi connectivity index (χ0n) is 9.38. The van der Waals surface area contributed by atoms with E-state index in [0.29, 0.717) is 13.2 Å². The van der Waals surface area contributed by atoms with Crippen LogP contribution in [0.4, 0.5) is 0 Å². The first-order valence-electron chi connectivity index (χ1n) is 5.51. The number of halogens is 1. The lowest BCUT2D eigenvalue weighted by molar-refractivity contribution is 0.0226. The fourth-order valence-electron chi connectivity index (χ4n) is 1.59. The SMILES string of the molecule is N[C@H](COCc1ccccc1)[C@@H]1CC(Br)=NO1. The predicted octanol–water partition coefficient (Wildman–Crippen LogP) is 2.03. The molecule has 2 rings (SSSR count). The van der Waals surface area contributed by atoms with Crippen molar-refractivity contribution in [3.8, 4) is 0 Å². The van der Waals surface area contributed by atoms with Crippen molar-refractivity contribution < 1.29 is 9.57 Å². The number of benzene rings is 1. The maximum Gasteiger partial charge on any atom is 0.151 e. The van der Waals surface area contributed by atoms with Gasteiger partial charge in [0.2, 0.25) is 0 Å². The van der Waals surface area contributed by atoms with E-state index in [1.807, 2.05) is 30.3 Å². The Morgan fingerprint density at radius 1 is 1.47 bits per heavy atom. The Kier molecular flexibility index (Phi) is 4.53. The van der Waals surface area contributed by atoms with Crippen LogP contribution in [0.5, 0.6) is 0 Å². The summed E-state index contributed by atoms with van der Waals surface area (Å²) in [5.41, 5.74) is 7.10. The van der Waals surface area contributed by atoms with Gasteiger partial charge in [-0.05, 0) is 21.5 Å². The molecular formula is C12H15BrN2O2. The van der Waals surface area contributed by atoms with Crippen molar-refractivity contribution in [2.45, 2.75) is 25.2 Å². The summed E-state index contributed by atoms with van der Waals surface area (Å²) in [5.74, 6) is 0. The first-order valence-corrected chi connectivity index (χ1v) is 6.30. The highest BCUT2D eigenvalue weighted by Gasteiger charge is 2.26. The third-order valence-electron chi connectivity index (χ3n) is 2.56. The molecule has 0 amide bonds. The minimum Gasteiger partial charge on any atom is -0.390 e. The van der Waals surface area contributed by atoms with E-state index in [-0.39, 0.29) is 12.1 Å². The number of nitrogens with zero attached hydrogens (tertiary/aromatic N) is 1. The number of nitrogens with two attached hydrogens (primary N) is 1. The van der Waals surface area contributed by atoms with Crippen LogP contribution >= 0.6 is 15.9 Å². The molecule has 0 aromatic heterocycles. The van der Waals surface area contributed by atoms with Crippen LogP contribution in [0.1, 0.15) is 12.0 Å². The van der Waals surface area contributed by atoms with Crippen molar-refractivity contribution in [3.63, 3.8) is 0 Å². The average molecular weight is 299 g/mol. The van der Waals surface area contributed by atoms with Crippen LogP contribution in [-0.4, -0.2) is 23.4 Å². The molecule has 92 valence electrons. The first-order chi connectivity index (χ1) is 8.25. The summed E-state index contributed by atoms with van der Waals surface area (Å²) in [5, 5.41) is 3.80. The molecule has 0 fully saturated rings. The molecule has 0 radical (unpaired) electrons. The van der Waals surface area contributed by atoms with Crippen molar-refractivity contribution in [1.82, 2.24) is 0 Å². The Morgan fingerprint density at radius 3 is 2.88 bits per heavy atom. The summed E-state index contributed by atoms with van der Waals surface area (Å²) >= 11 is 3.28. The fraction of sp³-hybridized carbons (Fsp3) is 0.417. The van der Waals surface area contributed by atoms with Gasteiger partial charge in [-0.15, -0.1) is 0 Å². The van der Waals surface area contributed by atoms with Crippen LogP contribution in [0.25, 0.3) is 0 Å². The van der Waals surface area contributed by atoms with E-state index in [4.69, 9.17) is 15.3 Å². The topological polar surface area (TPSA) is 56.8 Å². The quantitative estimate of drug-likeness (QED) is 0.905. The summed E-state index contributed by atoms with van der Waals surface area (Å²) < 4.78 is 6.36. The molecule has 1 aromatic rings. The van der Waals surface area contributed by atoms with Gasteiger partial charge in [0.25, 0.3) is 0 Å².